The summed E-state index contributed by atoms with van der Waals surface area (Å²) >= 11 is 4.23. The van der Waals surface area contributed by atoms with Gasteiger partial charge >= 0.3 is 12.4 Å². The fourth-order valence-corrected chi connectivity index (χ4v) is 8.20. The van der Waals surface area contributed by atoms with Crippen LogP contribution in [0.4, 0.5) is 38.0 Å². The first-order valence-corrected chi connectivity index (χ1v) is 17.2. The zero-order valence-corrected chi connectivity index (χ0v) is 27.7. The van der Waals surface area contributed by atoms with Crippen molar-refractivity contribution < 1.29 is 26.3 Å². The van der Waals surface area contributed by atoms with Crippen LogP contribution in [0.1, 0.15) is 57.6 Å². The van der Waals surface area contributed by atoms with E-state index in [0.717, 1.165) is 52.2 Å². The van der Waals surface area contributed by atoms with Gasteiger partial charge in [0.25, 0.3) is 0 Å². The number of aromatic nitrogens is 4. The van der Waals surface area contributed by atoms with Crippen molar-refractivity contribution in [1.29, 1.82) is 0 Å². The normalized spacial score (nSPS) is 12.2. The van der Waals surface area contributed by atoms with Crippen LogP contribution in [0.5, 0.6) is 0 Å². The monoisotopic (exact) mass is 708 g/mol. The highest BCUT2D eigenvalue weighted by molar-refractivity contribution is 7.98. The lowest BCUT2D eigenvalue weighted by Crippen LogP contribution is -2.07. The predicted molar refractivity (Wildman–Crippen MR) is 176 cm³/mol. The first-order chi connectivity index (χ1) is 22.2. The lowest BCUT2D eigenvalue weighted by molar-refractivity contribution is -0.138. The molecule has 0 aliphatic rings. The molecule has 0 radical (unpaired) electrons. The standard InChI is InChI=1S/C32H30F6N6S3/c1-3-5-24-22(41-29(46-24)19-10-13-21(17(2)14-19)32(36,37)38)6-4-7-25-23(16-45-30-43-26(39)15-27(40)44-30)42-28(47-25)18-8-11-20(12-9-18)31(33,34)35/h8-15H,3-7,16H2,1-2H3,(H4,39,40,43,44). The van der Waals surface area contributed by atoms with Gasteiger partial charge in [-0.1, -0.05) is 43.3 Å². The Hall–Kier alpha value is -3.69. The van der Waals surface area contributed by atoms with Gasteiger partial charge in [0.15, 0.2) is 5.16 Å². The molecular formula is C32H30F6N6S3. The Balaban J connectivity index is 1.37. The fraction of sp³-hybridized carbons (Fsp3) is 0.312. The summed E-state index contributed by atoms with van der Waals surface area (Å²) in [6.45, 7) is 3.51. The highest BCUT2D eigenvalue weighted by atomic mass is 32.2. The Kier molecular flexibility index (Phi) is 10.5. The molecule has 0 aliphatic heterocycles. The van der Waals surface area contributed by atoms with Gasteiger partial charge in [0, 0.05) is 32.7 Å². The summed E-state index contributed by atoms with van der Waals surface area (Å²) in [7, 11) is 0. The van der Waals surface area contributed by atoms with Crippen LogP contribution in [0.15, 0.2) is 53.7 Å². The van der Waals surface area contributed by atoms with Gasteiger partial charge in [0.2, 0.25) is 0 Å². The van der Waals surface area contributed by atoms with E-state index in [1.807, 2.05) is 0 Å². The number of nitrogens with two attached hydrogens (primary N) is 2. The Morgan fingerprint density at radius 3 is 1.89 bits per heavy atom. The lowest BCUT2D eigenvalue weighted by atomic mass is 10.0. The van der Waals surface area contributed by atoms with E-state index in [4.69, 9.17) is 21.4 Å². The molecule has 4 N–H and O–H groups in total. The number of thiazole rings is 2. The summed E-state index contributed by atoms with van der Waals surface area (Å²) in [5.41, 5.74) is 13.3. The number of anilines is 2. The second-order valence-electron chi connectivity index (χ2n) is 10.8. The minimum atomic E-state index is -4.44. The molecule has 0 atom stereocenters. The molecule has 248 valence electrons. The number of rotatable bonds is 11. The molecule has 5 aromatic rings. The Morgan fingerprint density at radius 1 is 0.702 bits per heavy atom. The molecule has 0 saturated carbocycles. The molecule has 15 heteroatoms. The van der Waals surface area contributed by atoms with Gasteiger partial charge in [0.05, 0.1) is 22.5 Å². The summed E-state index contributed by atoms with van der Waals surface area (Å²) in [5.74, 6) is 0.867. The van der Waals surface area contributed by atoms with Crippen LogP contribution >= 0.6 is 34.4 Å². The first kappa shape index (κ1) is 34.6. The van der Waals surface area contributed by atoms with Gasteiger partial charge in [0.1, 0.15) is 21.7 Å². The minimum absolute atomic E-state index is 0.148. The molecule has 3 aromatic heterocycles. The molecule has 0 amide bonds. The maximum absolute atomic E-state index is 13.3. The van der Waals surface area contributed by atoms with Crippen LogP contribution < -0.4 is 11.5 Å². The summed E-state index contributed by atoms with van der Waals surface area (Å²) in [6.07, 6.45) is -5.18. The number of alkyl halides is 6. The SMILES string of the molecule is CCCc1sc(-c2ccc(C(F)(F)F)c(C)c2)nc1CCCc1sc(-c2ccc(C(F)(F)F)cc2)nc1CSc1nc(N)cc(N)n1. The van der Waals surface area contributed by atoms with E-state index in [1.54, 1.807) is 0 Å². The van der Waals surface area contributed by atoms with Crippen molar-refractivity contribution in [2.75, 3.05) is 11.5 Å². The number of nitrogens with zero attached hydrogens (tertiary/aromatic N) is 4. The largest absolute Gasteiger partial charge is 0.416 e. The number of hydrogen-bond acceptors (Lipinski definition) is 9. The third kappa shape index (κ3) is 8.62. The smallest absolute Gasteiger partial charge is 0.383 e. The van der Waals surface area contributed by atoms with E-state index in [2.05, 4.69) is 16.9 Å². The van der Waals surface area contributed by atoms with Gasteiger partial charge in [-0.25, -0.2) is 19.9 Å². The maximum Gasteiger partial charge on any atom is 0.416 e. The average Bonchev–Trinajstić information content (AvgIpc) is 3.59. The van der Waals surface area contributed by atoms with Crippen LogP contribution in [0, 0.1) is 6.92 Å². The van der Waals surface area contributed by atoms with Crippen molar-refractivity contribution in [1.82, 2.24) is 19.9 Å². The van der Waals surface area contributed by atoms with E-state index < -0.39 is 23.5 Å². The third-order valence-electron chi connectivity index (χ3n) is 7.17. The van der Waals surface area contributed by atoms with Gasteiger partial charge < -0.3 is 11.5 Å². The van der Waals surface area contributed by atoms with Gasteiger partial charge in [-0.2, -0.15) is 26.3 Å². The quantitative estimate of drug-likeness (QED) is 0.0800. The zero-order valence-electron chi connectivity index (χ0n) is 25.3. The molecule has 0 bridgehead atoms. The van der Waals surface area contributed by atoms with E-state index in [-0.39, 0.29) is 17.2 Å². The van der Waals surface area contributed by atoms with E-state index in [1.165, 1.54) is 71.7 Å². The van der Waals surface area contributed by atoms with Crippen molar-refractivity contribution >= 4 is 46.1 Å². The summed E-state index contributed by atoms with van der Waals surface area (Å²) < 4.78 is 79.4. The maximum atomic E-state index is 13.3. The summed E-state index contributed by atoms with van der Waals surface area (Å²) in [5, 5.41) is 1.66. The van der Waals surface area contributed by atoms with Crippen molar-refractivity contribution in [2.45, 2.75) is 69.2 Å². The third-order valence-corrected chi connectivity index (χ3v) is 10.4. The van der Waals surface area contributed by atoms with Gasteiger partial charge in [-0.3, -0.25) is 0 Å². The van der Waals surface area contributed by atoms with E-state index in [9.17, 15) is 26.3 Å². The highest BCUT2D eigenvalue weighted by Crippen LogP contribution is 2.38. The molecule has 0 spiro atoms. The van der Waals surface area contributed by atoms with Crippen LogP contribution in [-0.4, -0.2) is 19.9 Å². The van der Waals surface area contributed by atoms with E-state index in [0.29, 0.717) is 51.3 Å². The fourth-order valence-electron chi connectivity index (χ4n) is 4.93. The van der Waals surface area contributed by atoms with Crippen molar-refractivity contribution in [3.63, 3.8) is 0 Å². The summed E-state index contributed by atoms with van der Waals surface area (Å²) in [4.78, 5) is 20.1. The second-order valence-corrected chi connectivity index (χ2v) is 13.9. The van der Waals surface area contributed by atoms with Crippen LogP contribution in [0.3, 0.4) is 0 Å². The van der Waals surface area contributed by atoms with Gasteiger partial charge in [-0.15, -0.1) is 22.7 Å². The number of nitrogen functional groups attached to an aromatic ring is 2. The second kappa shape index (κ2) is 14.2. The molecular weight excluding hydrogens is 679 g/mol. The molecule has 2 aromatic carbocycles. The number of aryl methyl sites for hydroxylation is 4. The molecule has 5 rings (SSSR count). The van der Waals surface area contributed by atoms with Crippen LogP contribution in [0.25, 0.3) is 21.1 Å². The van der Waals surface area contributed by atoms with Crippen LogP contribution in [0.2, 0.25) is 0 Å². The van der Waals surface area contributed by atoms with Crippen molar-refractivity contribution in [3.8, 4) is 21.1 Å². The topological polar surface area (TPSA) is 104 Å². The minimum Gasteiger partial charge on any atom is -0.383 e. The molecule has 0 saturated heterocycles. The molecule has 6 nitrogen and oxygen atoms in total. The average molecular weight is 709 g/mol. The molecule has 0 unspecified atom stereocenters. The Labute approximate surface area is 279 Å². The lowest BCUT2D eigenvalue weighted by Gasteiger charge is -2.10. The van der Waals surface area contributed by atoms with Crippen LogP contribution in [-0.2, 0) is 37.4 Å². The highest BCUT2D eigenvalue weighted by Gasteiger charge is 2.32. The molecule has 3 heterocycles. The predicted octanol–water partition coefficient (Wildman–Crippen LogP) is 9.65. The Morgan fingerprint density at radius 2 is 1.30 bits per heavy atom. The summed E-state index contributed by atoms with van der Waals surface area (Å²) in [6, 6.07) is 10.5. The zero-order chi connectivity index (χ0) is 33.9. The molecule has 47 heavy (non-hydrogen) atoms. The number of benzene rings is 2. The first-order valence-electron chi connectivity index (χ1n) is 14.6. The Bertz CT molecular complexity index is 1830. The molecule has 0 aliphatic carbocycles. The van der Waals surface area contributed by atoms with Crippen molar-refractivity contribution in [2.24, 2.45) is 0 Å². The van der Waals surface area contributed by atoms with E-state index >= 15 is 0 Å². The number of thioether (sulfide) groups is 1. The number of hydrogen-bond donors (Lipinski definition) is 2. The van der Waals surface area contributed by atoms with Gasteiger partial charge in [-0.05, 0) is 62.4 Å². The van der Waals surface area contributed by atoms with Crippen molar-refractivity contribution in [3.05, 3.63) is 86.4 Å². The molecule has 0 fully saturated rings. The number of halogens is 6.